The molecule has 2 nitrogen and oxygen atoms in total. The molecule has 92 valence electrons. The van der Waals surface area contributed by atoms with Gasteiger partial charge in [0, 0.05) is 14.9 Å². The minimum absolute atomic E-state index is 0.0422. The summed E-state index contributed by atoms with van der Waals surface area (Å²) in [6, 6.07) is 5.49. The summed E-state index contributed by atoms with van der Waals surface area (Å²) in [4.78, 5) is 12.8. The summed E-state index contributed by atoms with van der Waals surface area (Å²) in [6.07, 6.45) is 2.42. The van der Waals surface area contributed by atoms with E-state index in [1.165, 1.54) is 12.8 Å². The van der Waals surface area contributed by atoms with Crippen molar-refractivity contribution in [3.8, 4) is 0 Å². The Morgan fingerprint density at radius 1 is 1.47 bits per heavy atom. The first-order chi connectivity index (χ1) is 7.90. The molecule has 0 unspecified atom stereocenters. The molecule has 1 aliphatic carbocycles. The molecule has 1 amide bonds. The highest BCUT2D eigenvalue weighted by Gasteiger charge is 2.38. The number of carbonyl (C=O) groups excluding carboxylic acids is 1. The van der Waals surface area contributed by atoms with E-state index in [1.54, 1.807) is 6.07 Å². The van der Waals surface area contributed by atoms with Crippen LogP contribution in [0.15, 0.2) is 27.6 Å². The van der Waals surface area contributed by atoms with Crippen LogP contribution in [-0.2, 0) is 0 Å². The van der Waals surface area contributed by atoms with Crippen molar-refractivity contribution in [1.29, 1.82) is 0 Å². The molecule has 1 aromatic carbocycles. The van der Waals surface area contributed by atoms with Crippen molar-refractivity contribution in [1.82, 2.24) is 5.32 Å². The predicted octanol–water partition coefficient (Wildman–Crippen LogP) is 3.66. The van der Waals surface area contributed by atoms with Gasteiger partial charge in [-0.25, -0.2) is 0 Å². The molecule has 1 N–H and O–H groups in total. The van der Waals surface area contributed by atoms with E-state index in [0.717, 1.165) is 4.47 Å². The van der Waals surface area contributed by atoms with Crippen LogP contribution >= 0.6 is 28.6 Å². The first-order valence-corrected chi connectivity index (χ1v) is 6.95. The van der Waals surface area contributed by atoms with E-state index in [2.05, 4.69) is 47.7 Å². The second kappa shape index (κ2) is 4.65. The largest absolute Gasteiger partial charge is 0.347 e. The normalized spacial score (nSPS) is 15.8. The van der Waals surface area contributed by atoms with Gasteiger partial charge >= 0.3 is 0 Å². The van der Waals surface area contributed by atoms with Crippen LogP contribution in [0.5, 0.6) is 0 Å². The Hall–Kier alpha value is -0.480. The standard InChI is InChI=1S/C13H16BrNOS/c1-13(2,8-3-4-8)15-12(16)10-6-5-9(14)7-11(10)17/h5-8,17H,3-4H2,1-2H3,(H,15,16). The Labute approximate surface area is 116 Å². The molecule has 0 saturated heterocycles. The van der Waals surface area contributed by atoms with Crippen LogP contribution in [0.3, 0.4) is 0 Å². The smallest absolute Gasteiger partial charge is 0.252 e. The molecule has 0 aromatic heterocycles. The number of halogens is 1. The van der Waals surface area contributed by atoms with Gasteiger partial charge in [-0.05, 0) is 50.8 Å². The quantitative estimate of drug-likeness (QED) is 0.819. The number of hydrogen-bond acceptors (Lipinski definition) is 2. The Morgan fingerprint density at radius 3 is 2.65 bits per heavy atom. The van der Waals surface area contributed by atoms with E-state index in [9.17, 15) is 4.79 Å². The summed E-state index contributed by atoms with van der Waals surface area (Å²) in [5, 5.41) is 3.09. The van der Waals surface area contributed by atoms with E-state index in [1.807, 2.05) is 12.1 Å². The highest BCUT2D eigenvalue weighted by Crippen LogP contribution is 2.39. The van der Waals surface area contributed by atoms with Crippen molar-refractivity contribution in [2.75, 3.05) is 0 Å². The fraction of sp³-hybridized carbons (Fsp3) is 0.462. The molecule has 2 rings (SSSR count). The van der Waals surface area contributed by atoms with Crippen molar-refractivity contribution >= 4 is 34.5 Å². The summed E-state index contributed by atoms with van der Waals surface area (Å²) < 4.78 is 0.931. The zero-order chi connectivity index (χ0) is 12.6. The van der Waals surface area contributed by atoms with Crippen molar-refractivity contribution in [2.24, 2.45) is 5.92 Å². The predicted molar refractivity (Wildman–Crippen MR) is 75.7 cm³/mol. The van der Waals surface area contributed by atoms with Gasteiger partial charge in [-0.1, -0.05) is 15.9 Å². The van der Waals surface area contributed by atoms with Gasteiger partial charge in [-0.3, -0.25) is 4.79 Å². The maximum atomic E-state index is 12.1. The average molecular weight is 314 g/mol. The average Bonchev–Trinajstić information content (AvgIpc) is 2.98. The van der Waals surface area contributed by atoms with E-state index in [-0.39, 0.29) is 11.4 Å². The van der Waals surface area contributed by atoms with Gasteiger partial charge in [0.25, 0.3) is 5.91 Å². The molecule has 17 heavy (non-hydrogen) atoms. The highest BCUT2D eigenvalue weighted by molar-refractivity contribution is 9.10. The number of rotatable bonds is 3. The summed E-state index contributed by atoms with van der Waals surface area (Å²) in [6.45, 7) is 4.17. The Bertz CT molecular complexity index is 455. The molecule has 1 aliphatic rings. The zero-order valence-electron chi connectivity index (χ0n) is 9.96. The first-order valence-electron chi connectivity index (χ1n) is 5.71. The number of nitrogens with one attached hydrogen (secondary N) is 1. The molecule has 0 atom stereocenters. The van der Waals surface area contributed by atoms with Crippen LogP contribution < -0.4 is 5.32 Å². The van der Waals surface area contributed by atoms with Crippen molar-refractivity contribution < 1.29 is 4.79 Å². The minimum atomic E-state index is -0.121. The van der Waals surface area contributed by atoms with Crippen LogP contribution in [0.25, 0.3) is 0 Å². The lowest BCUT2D eigenvalue weighted by Gasteiger charge is -2.26. The highest BCUT2D eigenvalue weighted by atomic mass is 79.9. The maximum Gasteiger partial charge on any atom is 0.252 e. The minimum Gasteiger partial charge on any atom is -0.347 e. The number of thiol groups is 1. The second-order valence-electron chi connectivity index (χ2n) is 5.11. The van der Waals surface area contributed by atoms with Crippen LogP contribution in [0.4, 0.5) is 0 Å². The van der Waals surface area contributed by atoms with Gasteiger partial charge in [-0.15, -0.1) is 12.6 Å². The molecule has 1 aromatic rings. The second-order valence-corrected chi connectivity index (χ2v) is 6.51. The van der Waals surface area contributed by atoms with Gasteiger partial charge in [-0.2, -0.15) is 0 Å². The lowest BCUT2D eigenvalue weighted by atomic mass is 9.98. The third kappa shape index (κ3) is 3.05. The SMILES string of the molecule is CC(C)(NC(=O)c1ccc(Br)cc1S)C1CC1. The fourth-order valence-corrected chi connectivity index (χ4v) is 2.82. The van der Waals surface area contributed by atoms with E-state index in [0.29, 0.717) is 16.4 Å². The zero-order valence-corrected chi connectivity index (χ0v) is 12.4. The van der Waals surface area contributed by atoms with Crippen LogP contribution in [0, 0.1) is 5.92 Å². The van der Waals surface area contributed by atoms with Crippen LogP contribution in [-0.4, -0.2) is 11.4 Å². The summed E-state index contributed by atoms with van der Waals surface area (Å²) >= 11 is 7.69. The molecule has 4 heteroatoms. The van der Waals surface area contributed by atoms with E-state index >= 15 is 0 Å². The third-order valence-electron chi connectivity index (χ3n) is 3.24. The number of amides is 1. The van der Waals surface area contributed by atoms with Crippen LogP contribution in [0.1, 0.15) is 37.0 Å². The summed E-state index contributed by atoms with van der Waals surface area (Å²) in [5.41, 5.74) is 0.509. The molecule has 0 heterocycles. The molecular formula is C13H16BrNOS. The third-order valence-corrected chi connectivity index (χ3v) is 4.10. The molecule has 1 saturated carbocycles. The van der Waals surface area contributed by atoms with Gasteiger partial charge in [0.1, 0.15) is 0 Å². The number of hydrogen-bond donors (Lipinski definition) is 2. The Balaban J connectivity index is 2.14. The first kappa shape index (κ1) is 13.0. The molecule has 0 bridgehead atoms. The molecule has 0 aliphatic heterocycles. The molecular weight excluding hydrogens is 298 g/mol. The molecule has 0 radical (unpaired) electrons. The molecule has 1 fully saturated rings. The maximum absolute atomic E-state index is 12.1. The number of carbonyl (C=O) groups is 1. The van der Waals surface area contributed by atoms with Crippen molar-refractivity contribution in [3.63, 3.8) is 0 Å². The summed E-state index contributed by atoms with van der Waals surface area (Å²) in [5.74, 6) is 0.574. The monoisotopic (exact) mass is 313 g/mol. The lowest BCUT2D eigenvalue weighted by Crippen LogP contribution is -2.45. The Kier molecular flexibility index (Phi) is 3.55. The number of benzene rings is 1. The van der Waals surface area contributed by atoms with Gasteiger partial charge in [0.15, 0.2) is 0 Å². The van der Waals surface area contributed by atoms with Gasteiger partial charge in [0.05, 0.1) is 5.56 Å². The Morgan fingerprint density at radius 2 is 2.12 bits per heavy atom. The van der Waals surface area contributed by atoms with Crippen molar-refractivity contribution in [3.05, 3.63) is 28.2 Å². The van der Waals surface area contributed by atoms with Crippen LogP contribution in [0.2, 0.25) is 0 Å². The van der Waals surface area contributed by atoms with Gasteiger partial charge in [0.2, 0.25) is 0 Å². The topological polar surface area (TPSA) is 29.1 Å². The lowest BCUT2D eigenvalue weighted by molar-refractivity contribution is 0.0900. The van der Waals surface area contributed by atoms with Gasteiger partial charge < -0.3 is 5.32 Å². The fourth-order valence-electron chi connectivity index (χ4n) is 1.96. The summed E-state index contributed by atoms with van der Waals surface area (Å²) in [7, 11) is 0. The van der Waals surface area contributed by atoms with Crippen molar-refractivity contribution in [2.45, 2.75) is 37.1 Å². The van der Waals surface area contributed by atoms with E-state index < -0.39 is 0 Å². The molecule has 0 spiro atoms. The van der Waals surface area contributed by atoms with E-state index in [4.69, 9.17) is 0 Å².